The SMILES string of the molecule is CC(C)(O)CS(=O)(=O)N1CCN(c2cc(-c3nc4ccccc4[nH]3)c(F)cn2)CC1. The molecule has 0 atom stereocenters. The second-order valence-electron chi connectivity index (χ2n) is 8.08. The molecule has 0 unspecified atom stereocenters. The number of aromatic nitrogens is 3. The van der Waals surface area contributed by atoms with Crippen LogP contribution in [0.25, 0.3) is 22.4 Å². The minimum absolute atomic E-state index is 0.275. The monoisotopic (exact) mass is 433 g/mol. The van der Waals surface area contributed by atoms with E-state index in [1.807, 2.05) is 29.2 Å². The lowest BCUT2D eigenvalue weighted by Crippen LogP contribution is -2.51. The molecule has 2 N–H and O–H groups in total. The highest BCUT2D eigenvalue weighted by Crippen LogP contribution is 2.27. The Hall–Kier alpha value is -2.56. The molecule has 2 aromatic heterocycles. The number of nitrogens with zero attached hydrogens (tertiary/aromatic N) is 4. The third-order valence-electron chi connectivity index (χ3n) is 4.98. The molecule has 10 heteroatoms. The van der Waals surface area contributed by atoms with Gasteiger partial charge in [0.25, 0.3) is 0 Å². The number of pyridine rings is 1. The first-order chi connectivity index (χ1) is 14.1. The predicted octanol–water partition coefficient (Wildman–Crippen LogP) is 1.99. The smallest absolute Gasteiger partial charge is 0.217 e. The van der Waals surface area contributed by atoms with Gasteiger partial charge in [-0.1, -0.05) is 12.1 Å². The third-order valence-corrected chi connectivity index (χ3v) is 7.20. The summed E-state index contributed by atoms with van der Waals surface area (Å²) in [6, 6.07) is 9.10. The number of benzene rings is 1. The van der Waals surface area contributed by atoms with Gasteiger partial charge in [-0.15, -0.1) is 0 Å². The Balaban J connectivity index is 1.53. The zero-order valence-electron chi connectivity index (χ0n) is 16.8. The molecular formula is C20H24FN5O3S. The Bertz CT molecular complexity index is 1130. The molecule has 1 saturated heterocycles. The van der Waals surface area contributed by atoms with Crippen LogP contribution in [-0.2, 0) is 10.0 Å². The van der Waals surface area contributed by atoms with Crippen LogP contribution in [0.4, 0.5) is 10.2 Å². The summed E-state index contributed by atoms with van der Waals surface area (Å²) in [6.45, 7) is 4.34. The molecule has 160 valence electrons. The number of fused-ring (bicyclic) bond motifs is 1. The quantitative estimate of drug-likeness (QED) is 0.638. The van der Waals surface area contributed by atoms with Crippen LogP contribution < -0.4 is 4.90 Å². The molecule has 0 aliphatic carbocycles. The van der Waals surface area contributed by atoms with Gasteiger partial charge in [0.1, 0.15) is 11.6 Å². The summed E-state index contributed by atoms with van der Waals surface area (Å²) in [7, 11) is -3.56. The van der Waals surface area contributed by atoms with E-state index in [1.54, 1.807) is 6.07 Å². The van der Waals surface area contributed by atoms with Gasteiger partial charge >= 0.3 is 0 Å². The van der Waals surface area contributed by atoms with Gasteiger partial charge in [-0.3, -0.25) is 0 Å². The fourth-order valence-electron chi connectivity index (χ4n) is 3.60. The van der Waals surface area contributed by atoms with Crippen molar-refractivity contribution in [3.8, 4) is 11.4 Å². The summed E-state index contributed by atoms with van der Waals surface area (Å²) < 4.78 is 40.8. The summed E-state index contributed by atoms with van der Waals surface area (Å²) >= 11 is 0. The molecule has 1 aromatic carbocycles. The Kier molecular flexibility index (Phi) is 5.25. The fraction of sp³-hybridized carbons (Fsp3) is 0.400. The Morgan fingerprint density at radius 2 is 1.90 bits per heavy atom. The van der Waals surface area contributed by atoms with Crippen LogP contribution in [0.5, 0.6) is 0 Å². The summed E-state index contributed by atoms with van der Waals surface area (Å²) in [6.07, 6.45) is 1.16. The number of hydrogen-bond donors (Lipinski definition) is 2. The van der Waals surface area contributed by atoms with Gasteiger partial charge in [-0.05, 0) is 32.0 Å². The van der Waals surface area contributed by atoms with E-state index in [1.165, 1.54) is 18.2 Å². The highest BCUT2D eigenvalue weighted by Gasteiger charge is 2.32. The Morgan fingerprint density at radius 1 is 1.20 bits per heavy atom. The number of piperazine rings is 1. The van der Waals surface area contributed by atoms with E-state index in [4.69, 9.17) is 0 Å². The van der Waals surface area contributed by atoms with Gasteiger partial charge in [0, 0.05) is 26.2 Å². The molecular weight excluding hydrogens is 409 g/mol. The highest BCUT2D eigenvalue weighted by molar-refractivity contribution is 7.89. The maximum absolute atomic E-state index is 14.5. The van der Waals surface area contributed by atoms with Gasteiger partial charge in [-0.2, -0.15) is 4.31 Å². The minimum Gasteiger partial charge on any atom is -0.389 e. The van der Waals surface area contributed by atoms with Crippen molar-refractivity contribution in [1.29, 1.82) is 0 Å². The summed E-state index contributed by atoms with van der Waals surface area (Å²) in [5.41, 5.74) is 0.579. The average molecular weight is 434 g/mol. The number of H-pyrrole nitrogens is 1. The Morgan fingerprint density at radius 3 is 2.57 bits per heavy atom. The van der Waals surface area contributed by atoms with Gasteiger partial charge in [-0.25, -0.2) is 22.8 Å². The molecule has 1 aliphatic heterocycles. The van der Waals surface area contributed by atoms with Crippen molar-refractivity contribution in [2.24, 2.45) is 0 Å². The van der Waals surface area contributed by atoms with E-state index >= 15 is 0 Å². The number of aromatic amines is 1. The van der Waals surface area contributed by atoms with Crippen molar-refractivity contribution in [3.05, 3.63) is 42.3 Å². The van der Waals surface area contributed by atoms with Gasteiger partial charge in [0.15, 0.2) is 5.82 Å². The molecule has 8 nitrogen and oxygen atoms in total. The summed E-state index contributed by atoms with van der Waals surface area (Å²) in [5.74, 6) is 0.171. The first-order valence-corrected chi connectivity index (χ1v) is 11.3. The summed E-state index contributed by atoms with van der Waals surface area (Å²) in [5, 5.41) is 9.86. The summed E-state index contributed by atoms with van der Waals surface area (Å²) in [4.78, 5) is 13.7. The molecule has 1 aliphatic rings. The molecule has 0 radical (unpaired) electrons. The van der Waals surface area contributed by atoms with Crippen molar-refractivity contribution in [3.63, 3.8) is 0 Å². The largest absolute Gasteiger partial charge is 0.389 e. The standard InChI is InChI=1S/C20H24FN5O3S/c1-20(2,27)13-30(28,29)26-9-7-25(8-10-26)18-11-14(15(21)12-22-18)19-23-16-5-3-4-6-17(16)24-19/h3-6,11-12,27H,7-10,13H2,1-2H3,(H,23,24). The minimum atomic E-state index is -3.56. The lowest BCUT2D eigenvalue weighted by atomic mass is 10.2. The average Bonchev–Trinajstić information content (AvgIpc) is 3.10. The van der Waals surface area contributed by atoms with Crippen LogP contribution in [0.3, 0.4) is 0 Å². The van der Waals surface area contributed by atoms with Crippen LogP contribution >= 0.6 is 0 Å². The molecule has 0 saturated carbocycles. The number of sulfonamides is 1. The lowest BCUT2D eigenvalue weighted by Gasteiger charge is -2.35. The van der Waals surface area contributed by atoms with E-state index in [0.717, 1.165) is 17.2 Å². The normalized spacial score (nSPS) is 16.3. The van der Waals surface area contributed by atoms with Gasteiger partial charge < -0.3 is 15.0 Å². The van der Waals surface area contributed by atoms with E-state index in [0.29, 0.717) is 30.3 Å². The molecule has 0 amide bonds. The van der Waals surface area contributed by atoms with E-state index in [-0.39, 0.29) is 18.8 Å². The zero-order chi connectivity index (χ0) is 21.5. The first-order valence-electron chi connectivity index (χ1n) is 9.68. The van der Waals surface area contributed by atoms with Gasteiger partial charge in [0.05, 0.1) is 34.1 Å². The van der Waals surface area contributed by atoms with Crippen LogP contribution in [0, 0.1) is 5.82 Å². The number of rotatable bonds is 5. The molecule has 0 bridgehead atoms. The van der Waals surface area contributed by atoms with Crippen molar-refractivity contribution in [1.82, 2.24) is 19.3 Å². The zero-order valence-corrected chi connectivity index (χ0v) is 17.7. The number of halogens is 1. The maximum Gasteiger partial charge on any atom is 0.217 e. The van der Waals surface area contributed by atoms with Crippen molar-refractivity contribution in [2.45, 2.75) is 19.4 Å². The molecule has 3 heterocycles. The molecule has 1 fully saturated rings. The highest BCUT2D eigenvalue weighted by atomic mass is 32.2. The van der Waals surface area contributed by atoms with Crippen LogP contribution in [0.2, 0.25) is 0 Å². The van der Waals surface area contributed by atoms with Gasteiger partial charge in [0.2, 0.25) is 10.0 Å². The topological polar surface area (TPSA) is 102 Å². The number of imidazole rings is 1. The first kappa shape index (κ1) is 20.7. The lowest BCUT2D eigenvalue weighted by molar-refractivity contribution is 0.103. The van der Waals surface area contributed by atoms with E-state index < -0.39 is 21.4 Å². The molecule has 3 aromatic rings. The van der Waals surface area contributed by atoms with Crippen molar-refractivity contribution >= 4 is 26.9 Å². The number of para-hydroxylation sites is 2. The predicted molar refractivity (Wildman–Crippen MR) is 113 cm³/mol. The Labute approximate surface area is 174 Å². The second kappa shape index (κ2) is 7.60. The molecule has 0 spiro atoms. The number of hydrogen-bond acceptors (Lipinski definition) is 6. The number of anilines is 1. The van der Waals surface area contributed by atoms with Crippen molar-refractivity contribution < 1.29 is 17.9 Å². The third kappa shape index (κ3) is 4.30. The van der Waals surface area contributed by atoms with Crippen LogP contribution in [0.15, 0.2) is 36.5 Å². The maximum atomic E-state index is 14.5. The van der Waals surface area contributed by atoms with Crippen LogP contribution in [-0.4, -0.2) is 70.3 Å². The van der Waals surface area contributed by atoms with E-state index in [2.05, 4.69) is 15.0 Å². The fourth-order valence-corrected chi connectivity index (χ4v) is 5.39. The van der Waals surface area contributed by atoms with E-state index in [9.17, 15) is 17.9 Å². The number of nitrogens with one attached hydrogen (secondary N) is 1. The van der Waals surface area contributed by atoms with Crippen LogP contribution in [0.1, 0.15) is 13.8 Å². The molecule has 30 heavy (non-hydrogen) atoms. The van der Waals surface area contributed by atoms with Crippen molar-refractivity contribution in [2.75, 3.05) is 36.8 Å². The second-order valence-corrected chi connectivity index (χ2v) is 10.0. The molecule has 4 rings (SSSR count). The number of aliphatic hydroxyl groups is 1.